The molecular weight excluding hydrogens is 235 g/mol. The first-order chi connectivity index (χ1) is 8.41. The van der Waals surface area contributed by atoms with Crippen LogP contribution in [-0.2, 0) is 0 Å². The quantitative estimate of drug-likeness (QED) is 0.344. The number of rotatable bonds is 14. The van der Waals surface area contributed by atoms with E-state index in [0.29, 0.717) is 6.61 Å². The number of unbranched alkanes of at least 4 members (excludes halogenated alkanes) is 13. The third kappa shape index (κ3) is 18.8. The van der Waals surface area contributed by atoms with Gasteiger partial charge in [-0.25, -0.2) is 0 Å². The molecule has 0 fully saturated rings. The Morgan fingerprint density at radius 2 is 0.778 bits per heavy atom. The van der Waals surface area contributed by atoms with Crippen LogP contribution in [0.3, 0.4) is 0 Å². The summed E-state index contributed by atoms with van der Waals surface area (Å²) in [6, 6.07) is 0. The molecule has 0 saturated heterocycles. The van der Waals surface area contributed by atoms with Crippen molar-refractivity contribution in [1.82, 2.24) is 0 Å². The summed E-state index contributed by atoms with van der Waals surface area (Å²) in [4.78, 5) is 0. The van der Waals surface area contributed by atoms with E-state index in [0.717, 1.165) is 6.42 Å². The van der Waals surface area contributed by atoms with Crippen molar-refractivity contribution in [1.29, 1.82) is 0 Å². The summed E-state index contributed by atoms with van der Waals surface area (Å²) < 4.78 is 0. The van der Waals surface area contributed by atoms with Gasteiger partial charge >= 0.3 is 0 Å². The molecule has 0 atom stereocenters. The Kier molecular flexibility index (Phi) is 22.9. The largest absolute Gasteiger partial charge is 0.396 e. The molecule has 0 amide bonds. The summed E-state index contributed by atoms with van der Waals surface area (Å²) >= 11 is 0. The topological polar surface area (TPSA) is 20.2 Å². The van der Waals surface area contributed by atoms with Gasteiger partial charge in [0.1, 0.15) is 0 Å². The second kappa shape index (κ2) is 19.8. The first-order valence-corrected chi connectivity index (χ1v) is 8.02. The predicted octanol–water partition coefficient (Wildman–Crippen LogP) is 5.08. The van der Waals surface area contributed by atoms with Crippen LogP contribution in [0.15, 0.2) is 0 Å². The maximum atomic E-state index is 8.64. The van der Waals surface area contributed by atoms with Crippen LogP contribution in [0.5, 0.6) is 0 Å². The van der Waals surface area contributed by atoms with Crippen molar-refractivity contribution in [2.24, 2.45) is 0 Å². The summed E-state index contributed by atoms with van der Waals surface area (Å²) in [7, 11) is 0. The van der Waals surface area contributed by atoms with E-state index in [2.05, 4.69) is 6.92 Å². The van der Waals surface area contributed by atoms with Crippen LogP contribution in [0.1, 0.15) is 96.8 Å². The van der Waals surface area contributed by atoms with Gasteiger partial charge in [0, 0.05) is 24.0 Å². The average Bonchev–Trinajstić information content (AvgIpc) is 2.35. The molecule has 0 spiro atoms. The van der Waals surface area contributed by atoms with Gasteiger partial charge in [-0.05, 0) is 6.42 Å². The van der Waals surface area contributed by atoms with Gasteiger partial charge in [0.05, 0.1) is 0 Å². The smallest absolute Gasteiger partial charge is 0.0431 e. The van der Waals surface area contributed by atoms with E-state index in [1.54, 1.807) is 0 Å². The van der Waals surface area contributed by atoms with Crippen LogP contribution >= 0.6 is 0 Å². The SMILES string of the molecule is CCCCCCCCCCCCCCCCO.[Al]. The molecule has 0 rings (SSSR count). The lowest BCUT2D eigenvalue weighted by molar-refractivity contribution is 0.282. The fourth-order valence-corrected chi connectivity index (χ4v) is 2.31. The predicted molar refractivity (Wildman–Crippen MR) is 83.2 cm³/mol. The zero-order valence-corrected chi connectivity index (χ0v) is 13.8. The maximum absolute atomic E-state index is 8.64. The normalized spacial score (nSPS) is 10.3. The molecule has 0 unspecified atom stereocenters. The zero-order valence-electron chi connectivity index (χ0n) is 12.6. The van der Waals surface area contributed by atoms with E-state index in [-0.39, 0.29) is 17.4 Å². The molecule has 107 valence electrons. The van der Waals surface area contributed by atoms with Crippen molar-refractivity contribution in [2.75, 3.05) is 6.61 Å². The first kappa shape index (κ1) is 20.8. The second-order valence-corrected chi connectivity index (χ2v) is 5.32. The molecule has 0 bridgehead atoms. The van der Waals surface area contributed by atoms with Crippen LogP contribution in [-0.4, -0.2) is 29.1 Å². The molecule has 0 aliphatic rings. The van der Waals surface area contributed by atoms with E-state index in [9.17, 15) is 0 Å². The first-order valence-electron chi connectivity index (χ1n) is 8.02. The highest BCUT2D eigenvalue weighted by atomic mass is 27.0. The molecule has 1 nitrogen and oxygen atoms in total. The highest BCUT2D eigenvalue weighted by Crippen LogP contribution is 2.12. The average molecular weight is 269 g/mol. The van der Waals surface area contributed by atoms with Crippen molar-refractivity contribution in [3.05, 3.63) is 0 Å². The summed E-state index contributed by atoms with van der Waals surface area (Å²) in [5, 5.41) is 8.64. The van der Waals surface area contributed by atoms with Crippen LogP contribution in [0.25, 0.3) is 0 Å². The highest BCUT2D eigenvalue weighted by molar-refractivity contribution is 5.75. The lowest BCUT2D eigenvalue weighted by Crippen LogP contribution is -1.84. The Bertz CT molecular complexity index is 114. The lowest BCUT2D eigenvalue weighted by atomic mass is 10.0. The van der Waals surface area contributed by atoms with Crippen LogP contribution in [0.2, 0.25) is 0 Å². The molecular formula is C16H34AlO. The molecule has 0 aromatic heterocycles. The molecule has 0 saturated carbocycles. The fraction of sp³-hybridized carbons (Fsp3) is 1.00. The van der Waals surface area contributed by atoms with Gasteiger partial charge in [-0.3, -0.25) is 0 Å². The highest BCUT2D eigenvalue weighted by Gasteiger charge is 1.93. The molecule has 2 heteroatoms. The summed E-state index contributed by atoms with van der Waals surface area (Å²) in [6.45, 7) is 2.65. The number of aliphatic hydroxyl groups is 1. The Morgan fingerprint density at radius 3 is 1.06 bits per heavy atom. The van der Waals surface area contributed by atoms with E-state index in [1.807, 2.05) is 0 Å². The Balaban J connectivity index is 0. The molecule has 0 aliphatic carbocycles. The Labute approximate surface area is 126 Å². The van der Waals surface area contributed by atoms with Gasteiger partial charge in [0.25, 0.3) is 0 Å². The Hall–Kier alpha value is 0.492. The summed E-state index contributed by atoms with van der Waals surface area (Å²) in [5.41, 5.74) is 0. The van der Waals surface area contributed by atoms with Gasteiger partial charge in [0.15, 0.2) is 0 Å². The molecule has 18 heavy (non-hydrogen) atoms. The molecule has 0 aromatic rings. The van der Waals surface area contributed by atoms with Crippen LogP contribution in [0.4, 0.5) is 0 Å². The minimum Gasteiger partial charge on any atom is -0.396 e. The van der Waals surface area contributed by atoms with E-state index < -0.39 is 0 Å². The number of aliphatic hydroxyl groups excluding tert-OH is 1. The van der Waals surface area contributed by atoms with Crippen molar-refractivity contribution < 1.29 is 5.11 Å². The lowest BCUT2D eigenvalue weighted by Gasteiger charge is -2.02. The number of hydrogen-bond acceptors (Lipinski definition) is 1. The molecule has 1 N–H and O–H groups in total. The van der Waals surface area contributed by atoms with Gasteiger partial charge in [-0.2, -0.15) is 0 Å². The number of hydrogen-bond donors (Lipinski definition) is 1. The summed E-state index contributed by atoms with van der Waals surface area (Å²) in [5.74, 6) is 0. The Morgan fingerprint density at radius 1 is 0.500 bits per heavy atom. The van der Waals surface area contributed by atoms with Crippen molar-refractivity contribution in [2.45, 2.75) is 96.8 Å². The minimum atomic E-state index is 0. The van der Waals surface area contributed by atoms with Gasteiger partial charge in [0.2, 0.25) is 0 Å². The van der Waals surface area contributed by atoms with Gasteiger partial charge in [-0.15, -0.1) is 0 Å². The van der Waals surface area contributed by atoms with Crippen molar-refractivity contribution in [3.63, 3.8) is 0 Å². The fourth-order valence-electron chi connectivity index (χ4n) is 2.31. The monoisotopic (exact) mass is 269 g/mol. The molecule has 0 aliphatic heterocycles. The minimum absolute atomic E-state index is 0. The van der Waals surface area contributed by atoms with Gasteiger partial charge < -0.3 is 5.11 Å². The van der Waals surface area contributed by atoms with Crippen LogP contribution in [0, 0.1) is 0 Å². The molecule has 3 radical (unpaired) electrons. The van der Waals surface area contributed by atoms with Crippen molar-refractivity contribution in [3.8, 4) is 0 Å². The van der Waals surface area contributed by atoms with E-state index in [4.69, 9.17) is 5.11 Å². The second-order valence-electron chi connectivity index (χ2n) is 5.32. The zero-order chi connectivity index (χ0) is 12.6. The third-order valence-electron chi connectivity index (χ3n) is 3.51. The van der Waals surface area contributed by atoms with Crippen LogP contribution < -0.4 is 0 Å². The van der Waals surface area contributed by atoms with E-state index in [1.165, 1.54) is 83.5 Å². The molecule has 0 aromatic carbocycles. The molecule has 0 heterocycles. The van der Waals surface area contributed by atoms with Gasteiger partial charge in [-0.1, -0.05) is 90.4 Å². The van der Waals surface area contributed by atoms with Crippen molar-refractivity contribution >= 4 is 17.4 Å². The van der Waals surface area contributed by atoms with E-state index >= 15 is 0 Å². The maximum Gasteiger partial charge on any atom is 0.0431 e. The third-order valence-corrected chi connectivity index (χ3v) is 3.51. The summed E-state index contributed by atoms with van der Waals surface area (Å²) in [6.07, 6.45) is 19.2. The standard InChI is InChI=1S/C16H34O.Al/c1-2-3-4-5-6-7-8-9-10-11-12-13-14-15-16-17;/h17H,2-16H2,1H3;.